The van der Waals surface area contributed by atoms with Gasteiger partial charge in [-0.25, -0.2) is 0 Å². The Balaban J connectivity index is 2.26. The SMILES string of the molecule is O=C(CCl)OCCOc1cccc(OCCOC(=O)CCl)c1. The normalized spacial score (nSPS) is 9.91. The highest BCUT2D eigenvalue weighted by molar-refractivity contribution is 6.26. The molecule has 0 aliphatic heterocycles. The van der Waals surface area contributed by atoms with Gasteiger partial charge in [-0.3, -0.25) is 9.59 Å². The molecule has 1 aromatic carbocycles. The molecule has 0 spiro atoms. The average molecular weight is 351 g/mol. The highest BCUT2D eigenvalue weighted by Gasteiger charge is 2.02. The first-order valence-corrected chi connectivity index (χ1v) is 7.51. The van der Waals surface area contributed by atoms with Gasteiger partial charge in [-0.2, -0.15) is 0 Å². The standard InChI is InChI=1S/C14H16Cl2O6/c15-9-13(17)21-6-4-19-11-2-1-3-12(8-11)20-5-7-22-14(18)10-16/h1-3,8H,4-7,9-10H2. The van der Waals surface area contributed by atoms with Crippen LogP contribution < -0.4 is 9.47 Å². The number of rotatable bonds is 10. The van der Waals surface area contributed by atoms with Crippen LogP contribution in [-0.4, -0.2) is 50.1 Å². The van der Waals surface area contributed by atoms with Crippen LogP contribution in [0.3, 0.4) is 0 Å². The zero-order chi connectivity index (χ0) is 16.2. The zero-order valence-electron chi connectivity index (χ0n) is 11.8. The third-order valence-electron chi connectivity index (χ3n) is 2.25. The van der Waals surface area contributed by atoms with Gasteiger partial charge in [0.05, 0.1) is 0 Å². The Labute approximate surface area is 138 Å². The minimum absolute atomic E-state index is 0.116. The molecule has 22 heavy (non-hydrogen) atoms. The smallest absolute Gasteiger partial charge is 0.320 e. The summed E-state index contributed by atoms with van der Waals surface area (Å²) in [4.78, 5) is 21.6. The first kappa shape index (κ1) is 18.4. The van der Waals surface area contributed by atoms with Gasteiger partial charge in [-0.05, 0) is 12.1 Å². The van der Waals surface area contributed by atoms with E-state index in [0.29, 0.717) is 11.5 Å². The van der Waals surface area contributed by atoms with Crippen LogP contribution in [-0.2, 0) is 19.1 Å². The maximum absolute atomic E-state index is 10.8. The fourth-order valence-electron chi connectivity index (χ4n) is 1.36. The number of alkyl halides is 2. The van der Waals surface area contributed by atoms with Crippen LogP contribution in [0.2, 0.25) is 0 Å². The fourth-order valence-corrected chi connectivity index (χ4v) is 1.52. The van der Waals surface area contributed by atoms with Crippen LogP contribution in [0.4, 0.5) is 0 Å². The maximum atomic E-state index is 10.8. The minimum Gasteiger partial charge on any atom is -0.490 e. The molecule has 0 bridgehead atoms. The molecule has 0 radical (unpaired) electrons. The monoisotopic (exact) mass is 350 g/mol. The van der Waals surface area contributed by atoms with Crippen molar-refractivity contribution in [3.8, 4) is 11.5 Å². The number of carbonyl (C=O) groups is 2. The van der Waals surface area contributed by atoms with E-state index in [1.165, 1.54) is 0 Å². The maximum Gasteiger partial charge on any atom is 0.320 e. The molecular weight excluding hydrogens is 335 g/mol. The molecule has 0 aromatic heterocycles. The van der Waals surface area contributed by atoms with E-state index in [0.717, 1.165) is 0 Å². The van der Waals surface area contributed by atoms with Crippen molar-refractivity contribution in [2.45, 2.75) is 0 Å². The molecule has 0 aliphatic carbocycles. The number of hydrogen-bond donors (Lipinski definition) is 0. The van der Waals surface area contributed by atoms with E-state index in [1.807, 2.05) is 0 Å². The molecule has 6 nitrogen and oxygen atoms in total. The van der Waals surface area contributed by atoms with Crippen molar-refractivity contribution in [1.29, 1.82) is 0 Å². The Morgan fingerprint density at radius 3 is 1.68 bits per heavy atom. The highest BCUT2D eigenvalue weighted by Crippen LogP contribution is 2.19. The number of ether oxygens (including phenoxy) is 4. The second-order valence-corrected chi connectivity index (χ2v) is 4.41. The largest absolute Gasteiger partial charge is 0.490 e. The van der Waals surface area contributed by atoms with Crippen molar-refractivity contribution < 1.29 is 28.5 Å². The highest BCUT2D eigenvalue weighted by atomic mass is 35.5. The van der Waals surface area contributed by atoms with Gasteiger partial charge in [0.1, 0.15) is 49.7 Å². The van der Waals surface area contributed by atoms with E-state index in [2.05, 4.69) is 0 Å². The fraction of sp³-hybridized carbons (Fsp3) is 0.429. The van der Waals surface area contributed by atoms with Crippen molar-refractivity contribution in [2.75, 3.05) is 38.2 Å². The van der Waals surface area contributed by atoms with Gasteiger partial charge < -0.3 is 18.9 Å². The van der Waals surface area contributed by atoms with Gasteiger partial charge in [-0.1, -0.05) is 6.07 Å². The summed E-state index contributed by atoms with van der Waals surface area (Å²) >= 11 is 10.6. The number of carbonyl (C=O) groups excluding carboxylic acids is 2. The lowest BCUT2D eigenvalue weighted by Crippen LogP contribution is -2.13. The number of esters is 2. The third kappa shape index (κ3) is 7.95. The number of hydrogen-bond acceptors (Lipinski definition) is 6. The topological polar surface area (TPSA) is 71.1 Å². The first-order chi connectivity index (χ1) is 10.7. The van der Waals surface area contributed by atoms with E-state index in [-0.39, 0.29) is 38.2 Å². The Bertz CT molecular complexity index is 441. The lowest BCUT2D eigenvalue weighted by molar-refractivity contribution is -0.142. The molecule has 0 aliphatic rings. The molecule has 122 valence electrons. The van der Waals surface area contributed by atoms with Gasteiger partial charge in [0, 0.05) is 6.07 Å². The molecule has 0 saturated carbocycles. The van der Waals surface area contributed by atoms with Crippen LogP contribution in [0.1, 0.15) is 0 Å². The lowest BCUT2D eigenvalue weighted by atomic mass is 10.3. The molecule has 0 heterocycles. The second-order valence-electron chi connectivity index (χ2n) is 3.88. The van der Waals surface area contributed by atoms with Crippen molar-refractivity contribution >= 4 is 35.1 Å². The summed E-state index contributed by atoms with van der Waals surface area (Å²) in [6.07, 6.45) is 0. The summed E-state index contributed by atoms with van der Waals surface area (Å²) in [5.41, 5.74) is 0. The van der Waals surface area contributed by atoms with E-state index in [1.54, 1.807) is 24.3 Å². The average Bonchev–Trinajstić information content (AvgIpc) is 2.55. The van der Waals surface area contributed by atoms with Crippen LogP contribution in [0.15, 0.2) is 24.3 Å². The van der Waals surface area contributed by atoms with E-state index < -0.39 is 11.9 Å². The quantitative estimate of drug-likeness (QED) is 0.365. The predicted octanol–water partition coefficient (Wildman–Crippen LogP) is 2.01. The molecule has 0 amide bonds. The number of benzene rings is 1. The Morgan fingerprint density at radius 1 is 0.818 bits per heavy atom. The van der Waals surface area contributed by atoms with E-state index in [4.69, 9.17) is 42.1 Å². The minimum atomic E-state index is -0.492. The second kappa shape index (κ2) is 11.0. The molecule has 1 aromatic rings. The van der Waals surface area contributed by atoms with Gasteiger partial charge in [-0.15, -0.1) is 23.2 Å². The molecular formula is C14H16Cl2O6. The molecule has 0 saturated heterocycles. The molecule has 0 atom stereocenters. The summed E-state index contributed by atoms with van der Waals surface area (Å²) in [7, 11) is 0. The van der Waals surface area contributed by atoms with Gasteiger partial charge in [0.15, 0.2) is 0 Å². The van der Waals surface area contributed by atoms with Crippen LogP contribution in [0, 0.1) is 0 Å². The van der Waals surface area contributed by atoms with Crippen molar-refractivity contribution in [2.24, 2.45) is 0 Å². The van der Waals surface area contributed by atoms with Crippen molar-refractivity contribution in [3.05, 3.63) is 24.3 Å². The summed E-state index contributed by atoms with van der Waals surface area (Å²) in [5, 5.41) is 0. The van der Waals surface area contributed by atoms with Crippen LogP contribution in [0.25, 0.3) is 0 Å². The van der Waals surface area contributed by atoms with Crippen LogP contribution >= 0.6 is 23.2 Å². The van der Waals surface area contributed by atoms with Crippen molar-refractivity contribution in [1.82, 2.24) is 0 Å². The van der Waals surface area contributed by atoms with Crippen molar-refractivity contribution in [3.63, 3.8) is 0 Å². The van der Waals surface area contributed by atoms with E-state index in [9.17, 15) is 9.59 Å². The van der Waals surface area contributed by atoms with Gasteiger partial charge in [0.2, 0.25) is 0 Å². The summed E-state index contributed by atoms with van der Waals surface area (Å²) in [6, 6.07) is 6.90. The Morgan fingerprint density at radius 2 is 1.27 bits per heavy atom. The molecule has 0 fully saturated rings. The molecule has 0 N–H and O–H groups in total. The van der Waals surface area contributed by atoms with E-state index >= 15 is 0 Å². The van der Waals surface area contributed by atoms with Gasteiger partial charge >= 0.3 is 11.9 Å². The third-order valence-corrected chi connectivity index (χ3v) is 2.69. The molecule has 8 heteroatoms. The summed E-state index contributed by atoms with van der Waals surface area (Å²) in [5.74, 6) is -0.216. The summed E-state index contributed by atoms with van der Waals surface area (Å²) in [6.45, 7) is 0.648. The number of halogens is 2. The lowest BCUT2D eigenvalue weighted by Gasteiger charge is -2.10. The molecule has 0 unspecified atom stereocenters. The summed E-state index contributed by atoms with van der Waals surface area (Å²) < 4.78 is 20.3. The first-order valence-electron chi connectivity index (χ1n) is 6.44. The molecule has 1 rings (SSSR count). The predicted molar refractivity (Wildman–Crippen MR) is 80.8 cm³/mol. The van der Waals surface area contributed by atoms with Crippen LogP contribution in [0.5, 0.6) is 11.5 Å². The van der Waals surface area contributed by atoms with Gasteiger partial charge in [0.25, 0.3) is 0 Å². The zero-order valence-corrected chi connectivity index (χ0v) is 13.3. The Hall–Kier alpha value is -1.66. The Kier molecular flexibility index (Phi) is 9.18.